The highest BCUT2D eigenvalue weighted by Crippen LogP contribution is 2.00. The van der Waals surface area contributed by atoms with Crippen molar-refractivity contribution in [3.63, 3.8) is 0 Å². The van der Waals surface area contributed by atoms with Crippen LogP contribution >= 0.6 is 0 Å². The fourth-order valence-electron chi connectivity index (χ4n) is 0.508. The second kappa shape index (κ2) is 3.89. The summed E-state index contributed by atoms with van der Waals surface area (Å²) in [6.07, 6.45) is 1.68. The fourth-order valence-corrected chi connectivity index (χ4v) is 0.508. The van der Waals surface area contributed by atoms with Gasteiger partial charge in [0, 0.05) is 6.54 Å². The van der Waals surface area contributed by atoms with E-state index in [1.807, 2.05) is 11.8 Å². The maximum Gasteiger partial charge on any atom is 0.124 e. The molecule has 0 heterocycles. The van der Waals surface area contributed by atoms with Gasteiger partial charge in [-0.1, -0.05) is 13.2 Å². The Labute approximate surface area is 56.2 Å². The van der Waals surface area contributed by atoms with E-state index in [0.717, 1.165) is 6.54 Å². The minimum atomic E-state index is 0.646. The smallest absolute Gasteiger partial charge is 0.124 e. The van der Waals surface area contributed by atoms with Gasteiger partial charge in [0.25, 0.3) is 0 Å². The van der Waals surface area contributed by atoms with Crippen LogP contribution in [0.4, 0.5) is 0 Å². The highest BCUT2D eigenvalue weighted by atomic mass is 15.2. The normalized spacial score (nSPS) is 8.11. The van der Waals surface area contributed by atoms with Crippen LogP contribution < -0.4 is 0 Å². The quantitative estimate of drug-likeness (QED) is 0.520. The zero-order valence-electron chi connectivity index (χ0n) is 5.80. The largest absolute Gasteiger partial charge is 0.334 e. The summed E-state index contributed by atoms with van der Waals surface area (Å²) < 4.78 is 0. The van der Waals surface area contributed by atoms with E-state index < -0.39 is 0 Å². The van der Waals surface area contributed by atoms with Gasteiger partial charge in [0.05, 0.1) is 0 Å². The fraction of sp³-hybridized carbons (Fsp3) is 0.286. The van der Waals surface area contributed by atoms with Crippen LogP contribution in [0.15, 0.2) is 30.2 Å². The molecule has 2 nitrogen and oxygen atoms in total. The average molecular weight is 124 g/mol. The second-order valence-electron chi connectivity index (χ2n) is 1.54. The number of hydrogen-bond donors (Lipinski definition) is 0. The van der Waals surface area contributed by atoms with Gasteiger partial charge in [-0.2, -0.15) is 0 Å². The lowest BCUT2D eigenvalue weighted by Gasteiger charge is -2.15. The van der Waals surface area contributed by atoms with Crippen LogP contribution in [0.3, 0.4) is 0 Å². The summed E-state index contributed by atoms with van der Waals surface area (Å²) >= 11 is 0. The maximum absolute atomic E-state index is 3.64. The first-order valence-electron chi connectivity index (χ1n) is 2.81. The Morgan fingerprint density at radius 3 is 2.44 bits per heavy atom. The van der Waals surface area contributed by atoms with Gasteiger partial charge in [0.1, 0.15) is 5.82 Å². The van der Waals surface area contributed by atoms with Crippen molar-refractivity contribution in [2.75, 3.05) is 6.54 Å². The lowest BCUT2D eigenvalue weighted by atomic mass is 10.6. The van der Waals surface area contributed by atoms with E-state index in [9.17, 15) is 0 Å². The predicted molar refractivity (Wildman–Crippen MR) is 41.3 cm³/mol. The van der Waals surface area contributed by atoms with Crippen LogP contribution in [0, 0.1) is 0 Å². The van der Waals surface area contributed by atoms with Crippen LogP contribution in [0.5, 0.6) is 0 Å². The van der Waals surface area contributed by atoms with Crippen molar-refractivity contribution in [2.24, 2.45) is 4.99 Å². The van der Waals surface area contributed by atoms with Gasteiger partial charge in [-0.05, 0) is 19.8 Å². The molecule has 0 aliphatic rings. The third-order valence-corrected chi connectivity index (χ3v) is 1.08. The highest BCUT2D eigenvalue weighted by Gasteiger charge is 1.94. The molecule has 0 fully saturated rings. The number of hydrogen-bond acceptors (Lipinski definition) is 2. The van der Waals surface area contributed by atoms with Crippen molar-refractivity contribution in [1.29, 1.82) is 0 Å². The van der Waals surface area contributed by atoms with Crippen molar-refractivity contribution >= 4 is 6.72 Å². The van der Waals surface area contributed by atoms with Gasteiger partial charge in [-0.25, -0.2) is 4.99 Å². The number of rotatable bonds is 4. The molecule has 0 saturated carbocycles. The van der Waals surface area contributed by atoms with Crippen LogP contribution in [-0.4, -0.2) is 18.2 Å². The minimum absolute atomic E-state index is 0.646. The summed E-state index contributed by atoms with van der Waals surface area (Å²) in [5.41, 5.74) is 0. The summed E-state index contributed by atoms with van der Waals surface area (Å²) in [6, 6.07) is 0. The van der Waals surface area contributed by atoms with Crippen LogP contribution in [0.1, 0.15) is 6.92 Å². The van der Waals surface area contributed by atoms with Gasteiger partial charge < -0.3 is 4.90 Å². The first kappa shape index (κ1) is 7.95. The standard InChI is InChI=1S/C7H12N2/c1-5-9(6-2)7(3)8-4/h5H,1,3-4,6H2,2H3. The molecule has 50 valence electrons. The Kier molecular flexibility index (Phi) is 3.44. The molecule has 0 aliphatic heterocycles. The van der Waals surface area contributed by atoms with E-state index in [2.05, 4.69) is 24.9 Å². The molecule has 0 N–H and O–H groups in total. The van der Waals surface area contributed by atoms with Crippen LogP contribution in [-0.2, 0) is 0 Å². The zero-order valence-corrected chi connectivity index (χ0v) is 5.80. The third kappa shape index (κ3) is 2.13. The molecule has 2 heteroatoms. The Hall–Kier alpha value is -1.05. The molecule has 0 aliphatic carbocycles. The molecule has 0 aromatic carbocycles. The molecule has 0 amide bonds. The number of aliphatic imine (C=N–C) groups is 1. The molecule has 0 bridgehead atoms. The first-order chi connectivity index (χ1) is 4.26. The van der Waals surface area contributed by atoms with Crippen molar-refractivity contribution in [3.8, 4) is 0 Å². The second-order valence-corrected chi connectivity index (χ2v) is 1.54. The van der Waals surface area contributed by atoms with Crippen molar-refractivity contribution in [1.82, 2.24) is 4.90 Å². The molecule has 0 atom stereocenters. The lowest BCUT2D eigenvalue weighted by molar-refractivity contribution is 0.491. The molecule has 0 saturated heterocycles. The van der Waals surface area contributed by atoms with Gasteiger partial charge >= 0.3 is 0 Å². The Morgan fingerprint density at radius 2 is 2.33 bits per heavy atom. The van der Waals surface area contributed by atoms with E-state index in [0.29, 0.717) is 5.82 Å². The maximum atomic E-state index is 3.64. The van der Waals surface area contributed by atoms with Crippen molar-refractivity contribution < 1.29 is 0 Å². The molecule has 0 aromatic rings. The monoisotopic (exact) mass is 124 g/mol. The SMILES string of the molecule is C=CN(CC)C(=C)N=C. The topological polar surface area (TPSA) is 15.6 Å². The molecule has 0 rings (SSSR count). The summed E-state index contributed by atoms with van der Waals surface area (Å²) in [7, 11) is 0. The van der Waals surface area contributed by atoms with Gasteiger partial charge in [-0.15, -0.1) is 0 Å². The molecular weight excluding hydrogens is 112 g/mol. The average Bonchev–Trinajstić information content (AvgIpc) is 1.90. The Balaban J connectivity index is 3.93. The highest BCUT2D eigenvalue weighted by molar-refractivity contribution is 5.27. The molecule has 0 radical (unpaired) electrons. The van der Waals surface area contributed by atoms with Crippen molar-refractivity contribution in [3.05, 3.63) is 25.2 Å². The van der Waals surface area contributed by atoms with E-state index in [-0.39, 0.29) is 0 Å². The van der Waals surface area contributed by atoms with Gasteiger partial charge in [-0.3, -0.25) is 0 Å². The van der Waals surface area contributed by atoms with Crippen LogP contribution in [0.2, 0.25) is 0 Å². The van der Waals surface area contributed by atoms with E-state index in [1.54, 1.807) is 6.20 Å². The minimum Gasteiger partial charge on any atom is -0.334 e. The lowest BCUT2D eigenvalue weighted by Crippen LogP contribution is -2.12. The number of nitrogens with zero attached hydrogens (tertiary/aromatic N) is 2. The van der Waals surface area contributed by atoms with Crippen molar-refractivity contribution in [2.45, 2.75) is 6.92 Å². The Bertz CT molecular complexity index is 127. The summed E-state index contributed by atoms with van der Waals surface area (Å²) in [4.78, 5) is 5.45. The van der Waals surface area contributed by atoms with Crippen LogP contribution in [0.25, 0.3) is 0 Å². The summed E-state index contributed by atoms with van der Waals surface area (Å²) in [6.45, 7) is 13.4. The molecule has 0 unspecified atom stereocenters. The molecule has 9 heavy (non-hydrogen) atoms. The molecule has 0 aromatic heterocycles. The van der Waals surface area contributed by atoms with E-state index >= 15 is 0 Å². The molecule has 0 spiro atoms. The van der Waals surface area contributed by atoms with E-state index in [1.165, 1.54) is 0 Å². The van der Waals surface area contributed by atoms with Gasteiger partial charge in [0.15, 0.2) is 0 Å². The zero-order chi connectivity index (χ0) is 7.28. The van der Waals surface area contributed by atoms with Gasteiger partial charge in [0.2, 0.25) is 0 Å². The predicted octanol–water partition coefficient (Wildman–Crippen LogP) is 1.62. The first-order valence-corrected chi connectivity index (χ1v) is 2.81. The summed E-state index contributed by atoms with van der Waals surface area (Å²) in [5.74, 6) is 0.646. The Morgan fingerprint density at radius 1 is 1.78 bits per heavy atom. The third-order valence-electron chi connectivity index (χ3n) is 1.08. The van der Waals surface area contributed by atoms with E-state index in [4.69, 9.17) is 0 Å². The molecular formula is C7H12N2. The summed E-state index contributed by atoms with van der Waals surface area (Å²) in [5, 5.41) is 0.